The van der Waals surface area contributed by atoms with Crippen LogP contribution in [0, 0.1) is 11.3 Å². The third kappa shape index (κ3) is 2.53. The topological polar surface area (TPSA) is 131 Å². The maximum absolute atomic E-state index is 9.27. The molecule has 0 radical (unpaired) electrons. The van der Waals surface area contributed by atoms with Crippen LogP contribution in [0.3, 0.4) is 0 Å². The van der Waals surface area contributed by atoms with Crippen molar-refractivity contribution in [3.63, 3.8) is 0 Å². The molecule has 1 heterocycles. The van der Waals surface area contributed by atoms with Crippen LogP contribution in [0.2, 0.25) is 0 Å². The van der Waals surface area contributed by atoms with Crippen LogP contribution in [0.15, 0.2) is 24.4 Å². The quantitative estimate of drug-likeness (QED) is 0.581. The van der Waals surface area contributed by atoms with E-state index >= 15 is 0 Å². The van der Waals surface area contributed by atoms with Crippen LogP contribution in [0.1, 0.15) is 5.82 Å². The molecule has 0 unspecified atom stereocenters. The van der Waals surface area contributed by atoms with Crippen LogP contribution in [0.5, 0.6) is 11.5 Å². The summed E-state index contributed by atoms with van der Waals surface area (Å²) in [4.78, 5) is 0. The lowest BCUT2D eigenvalue weighted by molar-refractivity contribution is 0.451. The first kappa shape index (κ1) is 11.4. The van der Waals surface area contributed by atoms with Gasteiger partial charge >= 0.3 is 0 Å². The van der Waals surface area contributed by atoms with E-state index in [9.17, 15) is 10.2 Å². The number of nitrogens with zero attached hydrogens (tertiary/aromatic N) is 4. The van der Waals surface area contributed by atoms with Gasteiger partial charge in [0.25, 0.3) is 0 Å². The molecule has 8 heteroatoms. The van der Waals surface area contributed by atoms with Crippen LogP contribution < -0.4 is 5.32 Å². The Morgan fingerprint density at radius 3 is 2.61 bits per heavy atom. The zero-order chi connectivity index (χ0) is 13.0. The van der Waals surface area contributed by atoms with E-state index < -0.39 is 0 Å². The van der Waals surface area contributed by atoms with Gasteiger partial charge < -0.3 is 15.5 Å². The molecule has 0 saturated heterocycles. The minimum absolute atomic E-state index is 0.0935. The number of rotatable bonds is 3. The largest absolute Gasteiger partial charge is 0.508 e. The third-order valence-electron chi connectivity index (χ3n) is 1.99. The smallest absolute Gasteiger partial charge is 0.216 e. The van der Waals surface area contributed by atoms with E-state index in [0.29, 0.717) is 5.69 Å². The van der Waals surface area contributed by atoms with Crippen molar-refractivity contribution in [1.82, 2.24) is 20.6 Å². The first-order valence-corrected chi connectivity index (χ1v) is 4.82. The van der Waals surface area contributed by atoms with Crippen molar-refractivity contribution in [2.75, 3.05) is 5.32 Å². The molecular weight excluding hydrogens is 236 g/mol. The zero-order valence-corrected chi connectivity index (χ0v) is 8.99. The SMILES string of the molecule is N#CC(=CNc1cc(O)cc(O)c1)c1nn[nH]n1. The Balaban J connectivity index is 2.21. The number of H-pyrrole nitrogens is 1. The fraction of sp³-hybridized carbons (Fsp3) is 0. The van der Waals surface area contributed by atoms with E-state index in [1.807, 2.05) is 6.07 Å². The van der Waals surface area contributed by atoms with Crippen LogP contribution in [0.4, 0.5) is 5.69 Å². The molecule has 0 amide bonds. The number of nitrogens with one attached hydrogen (secondary N) is 2. The fourth-order valence-corrected chi connectivity index (χ4v) is 1.26. The van der Waals surface area contributed by atoms with Crippen molar-refractivity contribution in [3.05, 3.63) is 30.2 Å². The monoisotopic (exact) mass is 244 g/mol. The van der Waals surface area contributed by atoms with Crippen LogP contribution >= 0.6 is 0 Å². The molecule has 0 saturated carbocycles. The molecule has 0 aliphatic heterocycles. The van der Waals surface area contributed by atoms with Gasteiger partial charge in [0.15, 0.2) is 0 Å². The summed E-state index contributed by atoms with van der Waals surface area (Å²) in [6.07, 6.45) is 1.35. The second-order valence-electron chi connectivity index (χ2n) is 3.29. The Morgan fingerprint density at radius 2 is 2.06 bits per heavy atom. The van der Waals surface area contributed by atoms with E-state index in [0.717, 1.165) is 0 Å². The molecule has 0 fully saturated rings. The number of aromatic hydroxyl groups is 2. The number of phenols is 2. The van der Waals surface area contributed by atoms with Gasteiger partial charge in [-0.15, -0.1) is 10.2 Å². The summed E-state index contributed by atoms with van der Waals surface area (Å²) in [6.45, 7) is 0. The minimum atomic E-state index is -0.0935. The van der Waals surface area contributed by atoms with Gasteiger partial charge in [-0.3, -0.25) is 0 Å². The van der Waals surface area contributed by atoms with Crippen molar-refractivity contribution in [2.45, 2.75) is 0 Å². The van der Waals surface area contributed by atoms with Gasteiger partial charge in [0.2, 0.25) is 5.82 Å². The van der Waals surface area contributed by atoms with E-state index in [2.05, 4.69) is 25.9 Å². The molecule has 90 valence electrons. The van der Waals surface area contributed by atoms with Gasteiger partial charge in [0.05, 0.1) is 0 Å². The lowest BCUT2D eigenvalue weighted by atomic mass is 10.2. The van der Waals surface area contributed by atoms with Gasteiger partial charge in [-0.25, -0.2) is 0 Å². The average molecular weight is 244 g/mol. The van der Waals surface area contributed by atoms with Crippen molar-refractivity contribution in [2.24, 2.45) is 0 Å². The molecule has 2 aromatic rings. The molecule has 0 aliphatic rings. The van der Waals surface area contributed by atoms with Gasteiger partial charge in [-0.1, -0.05) is 0 Å². The molecule has 0 bridgehead atoms. The van der Waals surface area contributed by atoms with Crippen molar-refractivity contribution < 1.29 is 10.2 Å². The standard InChI is InChI=1S/C10H8N6O2/c11-4-6(10-13-15-16-14-10)5-12-7-1-8(17)3-9(18)2-7/h1-3,5,12,17-18H,(H,13,14,15,16). The number of aromatic nitrogens is 4. The molecule has 0 spiro atoms. The predicted molar refractivity (Wildman–Crippen MR) is 61.2 cm³/mol. The maximum Gasteiger partial charge on any atom is 0.216 e. The highest BCUT2D eigenvalue weighted by Crippen LogP contribution is 2.24. The van der Waals surface area contributed by atoms with Crippen molar-refractivity contribution >= 4 is 11.3 Å². The molecule has 0 aliphatic carbocycles. The fourth-order valence-electron chi connectivity index (χ4n) is 1.26. The third-order valence-corrected chi connectivity index (χ3v) is 1.99. The molecule has 8 nitrogen and oxygen atoms in total. The lowest BCUT2D eigenvalue weighted by Crippen LogP contribution is -1.92. The number of nitriles is 1. The Kier molecular flexibility index (Phi) is 3.06. The normalized spacial score (nSPS) is 10.9. The Morgan fingerprint density at radius 1 is 1.33 bits per heavy atom. The number of anilines is 1. The van der Waals surface area contributed by atoms with Gasteiger partial charge in [-0.05, 0) is 5.21 Å². The van der Waals surface area contributed by atoms with Crippen molar-refractivity contribution in [1.29, 1.82) is 5.26 Å². The van der Waals surface area contributed by atoms with E-state index in [4.69, 9.17) is 5.26 Å². The minimum Gasteiger partial charge on any atom is -0.508 e. The highest BCUT2D eigenvalue weighted by molar-refractivity contribution is 5.74. The summed E-state index contributed by atoms with van der Waals surface area (Å²) in [6, 6.07) is 5.87. The van der Waals surface area contributed by atoms with Gasteiger partial charge in [0.1, 0.15) is 23.1 Å². The van der Waals surface area contributed by atoms with E-state index in [1.165, 1.54) is 24.4 Å². The van der Waals surface area contributed by atoms with E-state index in [-0.39, 0.29) is 22.9 Å². The zero-order valence-electron chi connectivity index (χ0n) is 8.99. The number of allylic oxidation sites excluding steroid dienone is 1. The molecule has 0 atom stereocenters. The number of benzene rings is 1. The lowest BCUT2D eigenvalue weighted by Gasteiger charge is -2.03. The second kappa shape index (κ2) is 4.84. The van der Waals surface area contributed by atoms with Crippen molar-refractivity contribution in [3.8, 4) is 17.6 Å². The number of tetrazole rings is 1. The summed E-state index contributed by atoms with van der Waals surface area (Å²) < 4.78 is 0. The molecule has 1 aromatic heterocycles. The summed E-state index contributed by atoms with van der Waals surface area (Å²) in [7, 11) is 0. The molecule has 18 heavy (non-hydrogen) atoms. The second-order valence-corrected chi connectivity index (χ2v) is 3.29. The molecular formula is C10H8N6O2. The Hall–Kier alpha value is -3.08. The Bertz CT molecular complexity index is 594. The molecule has 4 N–H and O–H groups in total. The number of aromatic amines is 1. The summed E-state index contributed by atoms with van der Waals surface area (Å²) in [5.41, 5.74) is 0.579. The van der Waals surface area contributed by atoms with Crippen LogP contribution in [-0.4, -0.2) is 30.8 Å². The first-order valence-electron chi connectivity index (χ1n) is 4.82. The predicted octanol–water partition coefficient (Wildman–Crippen LogP) is 0.587. The Labute approximate surface area is 101 Å². The number of hydrogen-bond donors (Lipinski definition) is 4. The molecule has 1 aromatic carbocycles. The summed E-state index contributed by atoms with van der Waals surface area (Å²) in [5, 5.41) is 43.1. The highest BCUT2D eigenvalue weighted by atomic mass is 16.3. The summed E-state index contributed by atoms with van der Waals surface area (Å²) >= 11 is 0. The number of hydrogen-bond acceptors (Lipinski definition) is 7. The van der Waals surface area contributed by atoms with Gasteiger partial charge in [0, 0.05) is 30.1 Å². The first-order chi connectivity index (χ1) is 8.69. The molecule has 2 rings (SSSR count). The van der Waals surface area contributed by atoms with Crippen LogP contribution in [0.25, 0.3) is 5.57 Å². The van der Waals surface area contributed by atoms with Crippen LogP contribution in [-0.2, 0) is 0 Å². The average Bonchev–Trinajstić information content (AvgIpc) is 2.82. The highest BCUT2D eigenvalue weighted by Gasteiger charge is 2.05. The van der Waals surface area contributed by atoms with E-state index in [1.54, 1.807) is 0 Å². The van der Waals surface area contributed by atoms with Gasteiger partial charge in [-0.2, -0.15) is 10.5 Å². The number of phenolic OH excluding ortho intramolecular Hbond substituents is 2. The maximum atomic E-state index is 9.27. The summed E-state index contributed by atoms with van der Waals surface area (Å²) in [5.74, 6) is -0.0395.